The number of carbonyl (C=O) groups is 2. The summed E-state index contributed by atoms with van der Waals surface area (Å²) in [5.74, 6) is -0.866. The summed E-state index contributed by atoms with van der Waals surface area (Å²) in [6.07, 6.45) is -0.797. The highest BCUT2D eigenvalue weighted by Crippen LogP contribution is 2.27. The SMILES string of the molecule is CCOC(=O)c1[nH]c2ccc(C(OC)C(=O)OC)cc2c1C. The minimum absolute atomic E-state index is 0.312. The summed E-state index contributed by atoms with van der Waals surface area (Å²) < 4.78 is 14.9. The van der Waals surface area contributed by atoms with Crippen LogP contribution >= 0.6 is 0 Å². The van der Waals surface area contributed by atoms with Crippen LogP contribution in [0, 0.1) is 6.92 Å². The highest BCUT2D eigenvalue weighted by molar-refractivity contribution is 5.98. The van der Waals surface area contributed by atoms with Crippen molar-refractivity contribution in [3.8, 4) is 0 Å². The van der Waals surface area contributed by atoms with Crippen LogP contribution in [0.2, 0.25) is 0 Å². The topological polar surface area (TPSA) is 77.6 Å². The molecule has 0 radical (unpaired) electrons. The number of aryl methyl sites for hydroxylation is 1. The van der Waals surface area contributed by atoms with Gasteiger partial charge in [-0.3, -0.25) is 0 Å². The summed E-state index contributed by atoms with van der Waals surface area (Å²) in [6.45, 7) is 3.90. The van der Waals surface area contributed by atoms with Gasteiger partial charge in [0.05, 0.1) is 13.7 Å². The third-order valence-electron chi connectivity index (χ3n) is 3.52. The molecule has 1 unspecified atom stereocenters. The van der Waals surface area contributed by atoms with Gasteiger partial charge >= 0.3 is 11.9 Å². The lowest BCUT2D eigenvalue weighted by Crippen LogP contribution is -2.15. The van der Waals surface area contributed by atoms with E-state index in [1.165, 1.54) is 14.2 Å². The molecule has 6 heteroatoms. The number of aromatic nitrogens is 1. The van der Waals surface area contributed by atoms with Crippen LogP contribution in [-0.4, -0.2) is 37.7 Å². The highest BCUT2D eigenvalue weighted by atomic mass is 16.6. The zero-order chi connectivity index (χ0) is 16.3. The van der Waals surface area contributed by atoms with Gasteiger partial charge in [-0.15, -0.1) is 0 Å². The number of hydrogen-bond donors (Lipinski definition) is 1. The highest BCUT2D eigenvalue weighted by Gasteiger charge is 2.22. The van der Waals surface area contributed by atoms with E-state index in [0.717, 1.165) is 16.5 Å². The lowest BCUT2D eigenvalue weighted by molar-refractivity contribution is -0.152. The largest absolute Gasteiger partial charge is 0.467 e. The molecule has 0 spiro atoms. The number of methoxy groups -OCH3 is 2. The van der Waals surface area contributed by atoms with E-state index < -0.39 is 18.0 Å². The number of nitrogens with one attached hydrogen (secondary N) is 1. The molecule has 0 saturated heterocycles. The van der Waals surface area contributed by atoms with Crippen LogP contribution in [0.15, 0.2) is 18.2 Å². The Morgan fingerprint density at radius 1 is 1.27 bits per heavy atom. The summed E-state index contributed by atoms with van der Waals surface area (Å²) in [7, 11) is 2.76. The third kappa shape index (κ3) is 2.82. The molecule has 0 saturated carbocycles. The van der Waals surface area contributed by atoms with E-state index in [-0.39, 0.29) is 0 Å². The zero-order valence-corrected chi connectivity index (χ0v) is 13.1. The number of H-pyrrole nitrogens is 1. The van der Waals surface area contributed by atoms with Gasteiger partial charge in [0.15, 0.2) is 6.10 Å². The van der Waals surface area contributed by atoms with Gasteiger partial charge in [0, 0.05) is 18.0 Å². The van der Waals surface area contributed by atoms with Gasteiger partial charge in [0.1, 0.15) is 5.69 Å². The molecule has 0 aliphatic carbocycles. The number of fused-ring (bicyclic) bond motifs is 1. The fourth-order valence-electron chi connectivity index (χ4n) is 2.39. The molecule has 22 heavy (non-hydrogen) atoms. The summed E-state index contributed by atoms with van der Waals surface area (Å²) in [5.41, 5.74) is 2.65. The van der Waals surface area contributed by atoms with E-state index in [9.17, 15) is 9.59 Å². The van der Waals surface area contributed by atoms with E-state index >= 15 is 0 Å². The first-order valence-corrected chi connectivity index (χ1v) is 6.93. The molecular formula is C16H19NO5. The number of hydrogen-bond acceptors (Lipinski definition) is 5. The second-order valence-electron chi connectivity index (χ2n) is 4.79. The lowest BCUT2D eigenvalue weighted by Gasteiger charge is -2.13. The van der Waals surface area contributed by atoms with Gasteiger partial charge < -0.3 is 19.2 Å². The Balaban J connectivity index is 2.48. The Labute approximate surface area is 128 Å². The Morgan fingerprint density at radius 2 is 2.00 bits per heavy atom. The van der Waals surface area contributed by atoms with Gasteiger partial charge in [-0.1, -0.05) is 6.07 Å². The molecule has 2 aromatic rings. The maximum atomic E-state index is 11.9. The average Bonchev–Trinajstić information content (AvgIpc) is 2.85. The number of benzene rings is 1. The lowest BCUT2D eigenvalue weighted by atomic mass is 10.0. The fourth-order valence-corrected chi connectivity index (χ4v) is 2.39. The molecule has 1 atom stereocenters. The standard InChI is InChI=1S/C16H19NO5/c1-5-22-15(18)13-9(2)11-8-10(6-7-12(11)17-13)14(20-3)16(19)21-4/h6-8,14,17H,5H2,1-4H3. The molecular weight excluding hydrogens is 286 g/mol. The van der Waals surface area contributed by atoms with Crippen LogP contribution < -0.4 is 0 Å². The van der Waals surface area contributed by atoms with Crippen molar-refractivity contribution in [1.29, 1.82) is 0 Å². The molecule has 0 bridgehead atoms. The minimum Gasteiger partial charge on any atom is -0.467 e. The van der Waals surface area contributed by atoms with Crippen molar-refractivity contribution in [3.05, 3.63) is 35.0 Å². The Morgan fingerprint density at radius 3 is 2.59 bits per heavy atom. The van der Waals surface area contributed by atoms with Crippen molar-refractivity contribution in [2.45, 2.75) is 20.0 Å². The Kier molecular flexibility index (Phi) is 4.82. The Bertz CT molecular complexity index is 704. The first-order chi connectivity index (χ1) is 10.5. The maximum Gasteiger partial charge on any atom is 0.355 e. The van der Waals surface area contributed by atoms with Crippen LogP contribution in [0.5, 0.6) is 0 Å². The third-order valence-corrected chi connectivity index (χ3v) is 3.52. The van der Waals surface area contributed by atoms with Gasteiger partial charge in [0.25, 0.3) is 0 Å². The predicted molar refractivity (Wildman–Crippen MR) is 80.8 cm³/mol. The molecule has 6 nitrogen and oxygen atoms in total. The van der Waals surface area contributed by atoms with Gasteiger partial charge in [-0.2, -0.15) is 0 Å². The van der Waals surface area contributed by atoms with Gasteiger partial charge in [0.2, 0.25) is 0 Å². The molecule has 0 amide bonds. The van der Waals surface area contributed by atoms with Crippen LogP contribution in [0.4, 0.5) is 0 Å². The van der Waals surface area contributed by atoms with Crippen LogP contribution in [-0.2, 0) is 19.0 Å². The average molecular weight is 305 g/mol. The molecule has 118 valence electrons. The first kappa shape index (κ1) is 16.0. The van der Waals surface area contributed by atoms with Crippen molar-refractivity contribution in [3.63, 3.8) is 0 Å². The molecule has 1 aromatic carbocycles. The number of ether oxygens (including phenoxy) is 3. The first-order valence-electron chi connectivity index (χ1n) is 6.93. The molecule has 1 heterocycles. The second kappa shape index (κ2) is 6.62. The quantitative estimate of drug-likeness (QED) is 0.859. The Hall–Kier alpha value is -2.34. The minimum atomic E-state index is -0.797. The summed E-state index contributed by atoms with van der Waals surface area (Å²) in [5, 5.41) is 0.839. The van der Waals surface area contributed by atoms with Crippen molar-refractivity contribution in [1.82, 2.24) is 4.98 Å². The molecule has 0 fully saturated rings. The number of aromatic amines is 1. The second-order valence-corrected chi connectivity index (χ2v) is 4.79. The van der Waals surface area contributed by atoms with Crippen LogP contribution in [0.25, 0.3) is 10.9 Å². The van der Waals surface area contributed by atoms with E-state index in [0.29, 0.717) is 17.9 Å². The van der Waals surface area contributed by atoms with E-state index in [1.54, 1.807) is 19.1 Å². The van der Waals surface area contributed by atoms with Crippen molar-refractivity contribution in [2.75, 3.05) is 20.8 Å². The maximum absolute atomic E-state index is 11.9. The van der Waals surface area contributed by atoms with Crippen molar-refractivity contribution in [2.24, 2.45) is 0 Å². The summed E-state index contributed by atoms with van der Waals surface area (Å²) >= 11 is 0. The monoisotopic (exact) mass is 305 g/mol. The predicted octanol–water partition coefficient (Wildman–Crippen LogP) is 2.51. The van der Waals surface area contributed by atoms with E-state index in [4.69, 9.17) is 14.2 Å². The molecule has 2 rings (SSSR count). The summed E-state index contributed by atoms with van der Waals surface area (Å²) in [6, 6.07) is 5.38. The summed E-state index contributed by atoms with van der Waals surface area (Å²) in [4.78, 5) is 26.7. The van der Waals surface area contributed by atoms with Crippen molar-refractivity contribution < 1.29 is 23.8 Å². The van der Waals surface area contributed by atoms with E-state index in [2.05, 4.69) is 4.98 Å². The van der Waals surface area contributed by atoms with Crippen LogP contribution in [0.1, 0.15) is 34.6 Å². The number of rotatable bonds is 5. The fraction of sp³-hybridized carbons (Fsp3) is 0.375. The zero-order valence-electron chi connectivity index (χ0n) is 13.1. The van der Waals surface area contributed by atoms with Crippen LogP contribution in [0.3, 0.4) is 0 Å². The number of carbonyl (C=O) groups excluding carboxylic acids is 2. The smallest absolute Gasteiger partial charge is 0.355 e. The van der Waals surface area contributed by atoms with Gasteiger partial charge in [-0.25, -0.2) is 9.59 Å². The molecule has 1 aromatic heterocycles. The van der Waals surface area contributed by atoms with Gasteiger partial charge in [-0.05, 0) is 37.1 Å². The van der Waals surface area contributed by atoms with Crippen molar-refractivity contribution >= 4 is 22.8 Å². The molecule has 1 N–H and O–H groups in total. The molecule has 0 aliphatic heterocycles. The normalized spacial score (nSPS) is 12.2. The molecule has 0 aliphatic rings. The number of esters is 2. The van der Waals surface area contributed by atoms with E-state index in [1.807, 2.05) is 13.0 Å².